The van der Waals surface area contributed by atoms with Crippen molar-refractivity contribution in [1.29, 1.82) is 0 Å². The number of hydrogen-bond donors (Lipinski definition) is 1. The van der Waals surface area contributed by atoms with Gasteiger partial charge < -0.3 is 0 Å². The van der Waals surface area contributed by atoms with Crippen LogP contribution in [-0.2, 0) is 11.9 Å². The van der Waals surface area contributed by atoms with Crippen LogP contribution < -0.4 is 5.43 Å². The Morgan fingerprint density at radius 3 is 2.41 bits per heavy atom. The highest BCUT2D eigenvalue weighted by molar-refractivity contribution is 7.98. The summed E-state index contributed by atoms with van der Waals surface area (Å²) in [4.78, 5) is 20.4. The maximum absolute atomic E-state index is 12.9. The molecular formula is C20H15F3N4OS. The zero-order valence-electron chi connectivity index (χ0n) is 14.9. The molecule has 0 aliphatic carbocycles. The van der Waals surface area contributed by atoms with Gasteiger partial charge in [-0.05, 0) is 29.8 Å². The second-order valence-electron chi connectivity index (χ2n) is 5.80. The van der Waals surface area contributed by atoms with Gasteiger partial charge in [-0.2, -0.15) is 18.3 Å². The third-order valence-electron chi connectivity index (χ3n) is 3.76. The first-order chi connectivity index (χ1) is 13.9. The summed E-state index contributed by atoms with van der Waals surface area (Å²) in [5, 5.41) is 4.30. The number of rotatable bonds is 6. The average molecular weight is 416 g/mol. The molecule has 0 atom stereocenters. The van der Waals surface area contributed by atoms with Gasteiger partial charge >= 0.3 is 6.18 Å². The summed E-state index contributed by atoms with van der Waals surface area (Å²) in [5.41, 5.74) is 2.61. The summed E-state index contributed by atoms with van der Waals surface area (Å²) in [5.74, 6) is 0.120. The molecule has 0 aliphatic rings. The number of amides is 1. The van der Waals surface area contributed by atoms with Crippen LogP contribution in [0.1, 0.15) is 27.0 Å². The van der Waals surface area contributed by atoms with Crippen LogP contribution in [0.5, 0.6) is 0 Å². The van der Waals surface area contributed by atoms with E-state index in [-0.39, 0.29) is 5.56 Å². The molecule has 29 heavy (non-hydrogen) atoms. The van der Waals surface area contributed by atoms with E-state index in [2.05, 4.69) is 20.5 Å². The average Bonchev–Trinajstić information content (AvgIpc) is 2.73. The molecule has 0 fully saturated rings. The van der Waals surface area contributed by atoms with Crippen LogP contribution in [0.3, 0.4) is 0 Å². The molecule has 9 heteroatoms. The van der Waals surface area contributed by atoms with Gasteiger partial charge in [-0.3, -0.25) is 4.79 Å². The fourth-order valence-corrected chi connectivity index (χ4v) is 3.11. The summed E-state index contributed by atoms with van der Waals surface area (Å²) in [6, 6.07) is 13.6. The van der Waals surface area contributed by atoms with Gasteiger partial charge in [-0.1, -0.05) is 42.1 Å². The highest BCUT2D eigenvalue weighted by atomic mass is 32.2. The first-order valence-electron chi connectivity index (χ1n) is 8.42. The van der Waals surface area contributed by atoms with Crippen LogP contribution in [0.15, 0.2) is 77.2 Å². The van der Waals surface area contributed by atoms with Crippen molar-refractivity contribution >= 4 is 23.9 Å². The Hall–Kier alpha value is -3.20. The number of carbonyl (C=O) groups excluding carboxylic acids is 1. The van der Waals surface area contributed by atoms with Crippen molar-refractivity contribution in [2.45, 2.75) is 17.1 Å². The van der Waals surface area contributed by atoms with Crippen LogP contribution in [0.25, 0.3) is 0 Å². The monoisotopic (exact) mass is 416 g/mol. The zero-order valence-corrected chi connectivity index (χ0v) is 15.7. The lowest BCUT2D eigenvalue weighted by Gasteiger charge is -2.09. The van der Waals surface area contributed by atoms with E-state index in [0.717, 1.165) is 17.8 Å². The SMILES string of the molecule is O=C(N/N=C/c1ccccc1C(F)(F)F)c1ccc(CSc2ncccn2)cc1. The molecule has 3 rings (SSSR count). The fraction of sp³-hybridized carbons (Fsp3) is 0.100. The van der Waals surface area contributed by atoms with Crippen molar-refractivity contribution in [3.05, 3.63) is 89.2 Å². The number of nitrogens with one attached hydrogen (secondary N) is 1. The maximum Gasteiger partial charge on any atom is 0.417 e. The molecular weight excluding hydrogens is 401 g/mol. The quantitative estimate of drug-likeness (QED) is 0.277. The second-order valence-corrected chi connectivity index (χ2v) is 6.74. The Morgan fingerprint density at radius 1 is 1.03 bits per heavy atom. The molecule has 0 unspecified atom stereocenters. The van der Waals surface area contributed by atoms with Gasteiger partial charge in [0.15, 0.2) is 5.16 Å². The molecule has 0 saturated carbocycles. The zero-order chi connectivity index (χ0) is 20.7. The molecule has 0 radical (unpaired) electrons. The number of thioether (sulfide) groups is 1. The minimum atomic E-state index is -4.49. The molecule has 3 aromatic rings. The predicted molar refractivity (Wildman–Crippen MR) is 105 cm³/mol. The molecule has 0 aliphatic heterocycles. The van der Waals surface area contributed by atoms with E-state index in [1.807, 2.05) is 0 Å². The van der Waals surface area contributed by atoms with Gasteiger partial charge in [-0.25, -0.2) is 15.4 Å². The summed E-state index contributed by atoms with van der Waals surface area (Å²) in [6.07, 6.45) is -0.191. The van der Waals surface area contributed by atoms with Crippen LogP contribution >= 0.6 is 11.8 Å². The second kappa shape index (κ2) is 9.33. The molecule has 5 nitrogen and oxygen atoms in total. The Morgan fingerprint density at radius 2 is 1.72 bits per heavy atom. The topological polar surface area (TPSA) is 67.2 Å². The Bertz CT molecular complexity index is 993. The van der Waals surface area contributed by atoms with E-state index in [4.69, 9.17) is 0 Å². The highest BCUT2D eigenvalue weighted by Crippen LogP contribution is 2.31. The summed E-state index contributed by atoms with van der Waals surface area (Å²) in [6.45, 7) is 0. The summed E-state index contributed by atoms with van der Waals surface area (Å²) in [7, 11) is 0. The molecule has 1 amide bonds. The van der Waals surface area contributed by atoms with Crippen molar-refractivity contribution in [2.24, 2.45) is 5.10 Å². The van der Waals surface area contributed by atoms with Crippen LogP contribution in [0, 0.1) is 0 Å². The lowest BCUT2D eigenvalue weighted by Crippen LogP contribution is -2.18. The van der Waals surface area contributed by atoms with Crippen LogP contribution in [0.4, 0.5) is 13.2 Å². The Kier molecular flexibility index (Phi) is 6.61. The number of halogens is 3. The first kappa shape index (κ1) is 20.5. The van der Waals surface area contributed by atoms with Gasteiger partial charge in [0.1, 0.15) is 0 Å². The summed E-state index contributed by atoms with van der Waals surface area (Å²) < 4.78 is 38.8. The molecule has 1 aromatic heterocycles. The molecule has 1 heterocycles. The van der Waals surface area contributed by atoms with E-state index in [1.54, 1.807) is 42.7 Å². The number of carbonyl (C=O) groups is 1. The lowest BCUT2D eigenvalue weighted by atomic mass is 10.1. The van der Waals surface area contributed by atoms with Gasteiger partial charge in [0.25, 0.3) is 5.91 Å². The molecule has 2 aromatic carbocycles. The molecule has 1 N–H and O–H groups in total. The third-order valence-corrected chi connectivity index (χ3v) is 4.71. The normalized spacial score (nSPS) is 11.6. The molecule has 0 spiro atoms. The van der Waals surface area contributed by atoms with E-state index >= 15 is 0 Å². The van der Waals surface area contributed by atoms with Crippen molar-refractivity contribution in [3.8, 4) is 0 Å². The number of aromatic nitrogens is 2. The van der Waals surface area contributed by atoms with Gasteiger partial charge in [0, 0.05) is 29.3 Å². The van der Waals surface area contributed by atoms with E-state index < -0.39 is 17.6 Å². The Balaban J connectivity index is 1.58. The molecule has 0 saturated heterocycles. The summed E-state index contributed by atoms with van der Waals surface area (Å²) >= 11 is 1.46. The van der Waals surface area contributed by atoms with E-state index in [1.165, 1.54) is 30.0 Å². The number of alkyl halides is 3. The van der Waals surface area contributed by atoms with Crippen LogP contribution in [-0.4, -0.2) is 22.1 Å². The highest BCUT2D eigenvalue weighted by Gasteiger charge is 2.32. The smallest absolute Gasteiger partial charge is 0.267 e. The van der Waals surface area contributed by atoms with Gasteiger partial charge in [0.05, 0.1) is 11.8 Å². The largest absolute Gasteiger partial charge is 0.417 e. The number of hydrogen-bond acceptors (Lipinski definition) is 5. The van der Waals surface area contributed by atoms with Crippen molar-refractivity contribution in [3.63, 3.8) is 0 Å². The minimum Gasteiger partial charge on any atom is -0.267 e. The lowest BCUT2D eigenvalue weighted by molar-refractivity contribution is -0.137. The minimum absolute atomic E-state index is 0.129. The van der Waals surface area contributed by atoms with E-state index in [9.17, 15) is 18.0 Å². The molecule has 0 bridgehead atoms. The van der Waals surface area contributed by atoms with Gasteiger partial charge in [0.2, 0.25) is 0 Å². The van der Waals surface area contributed by atoms with Crippen molar-refractivity contribution in [1.82, 2.24) is 15.4 Å². The van der Waals surface area contributed by atoms with Crippen molar-refractivity contribution < 1.29 is 18.0 Å². The van der Waals surface area contributed by atoms with Crippen molar-refractivity contribution in [2.75, 3.05) is 0 Å². The third kappa shape index (κ3) is 5.89. The van der Waals surface area contributed by atoms with Gasteiger partial charge in [-0.15, -0.1) is 0 Å². The number of benzene rings is 2. The number of hydrazone groups is 1. The number of nitrogens with zero attached hydrogens (tertiary/aromatic N) is 3. The first-order valence-corrected chi connectivity index (χ1v) is 9.40. The maximum atomic E-state index is 12.9. The van der Waals surface area contributed by atoms with Crippen LogP contribution in [0.2, 0.25) is 0 Å². The van der Waals surface area contributed by atoms with E-state index in [0.29, 0.717) is 16.5 Å². The Labute approximate surface area is 169 Å². The standard InChI is InChI=1S/C20H15F3N4OS/c21-20(22,23)17-5-2-1-4-16(17)12-26-27-18(28)15-8-6-14(7-9-15)13-29-19-24-10-3-11-25-19/h1-12H,13H2,(H,27,28)/b26-12+. The fourth-order valence-electron chi connectivity index (χ4n) is 2.35. The predicted octanol–water partition coefficient (Wildman–Crippen LogP) is 4.55. The molecule has 148 valence electrons.